The molecule has 0 spiro atoms. The van der Waals surface area contributed by atoms with Gasteiger partial charge in [0.25, 0.3) is 0 Å². The van der Waals surface area contributed by atoms with Crippen LogP contribution in [0.2, 0.25) is 0 Å². The molecule has 0 aromatic heterocycles. The molecule has 0 saturated carbocycles. The molecule has 4 nitrogen and oxygen atoms in total. The molecule has 0 heterocycles. The summed E-state index contributed by atoms with van der Waals surface area (Å²) in [4.78, 5) is 20.0. The molecule has 0 N–H and O–H groups in total. The fraction of sp³-hybridized carbons (Fsp3) is 0.263. The highest BCUT2D eigenvalue weighted by Gasteiger charge is 1.97. The van der Waals surface area contributed by atoms with Crippen LogP contribution in [0.4, 0.5) is 0 Å². The molecule has 0 unspecified atom stereocenters. The lowest BCUT2D eigenvalue weighted by Crippen LogP contribution is -1.91. The molecule has 2 aromatic rings. The van der Waals surface area contributed by atoms with E-state index in [1.807, 2.05) is 30.3 Å². The Morgan fingerprint density at radius 1 is 0.792 bits per heavy atom. The maximum absolute atomic E-state index is 10.8. The van der Waals surface area contributed by atoms with Gasteiger partial charge < -0.3 is 9.47 Å². The Morgan fingerprint density at radius 2 is 1.17 bits per heavy atom. The zero-order valence-corrected chi connectivity index (χ0v) is 14.5. The molecule has 0 radical (unpaired) electrons. The van der Waals surface area contributed by atoms with Crippen molar-refractivity contribution in [2.24, 2.45) is 0 Å². The molecule has 0 bridgehead atoms. The lowest BCUT2D eigenvalue weighted by atomic mass is 10.1. The summed E-state index contributed by atoms with van der Waals surface area (Å²) in [7, 11) is 3.26. The highest BCUT2D eigenvalue weighted by molar-refractivity contribution is 6.62. The van der Waals surface area contributed by atoms with Gasteiger partial charge in [-0.1, -0.05) is 25.6 Å². The van der Waals surface area contributed by atoms with Gasteiger partial charge in [0.2, 0.25) is 5.24 Å². The lowest BCUT2D eigenvalue weighted by molar-refractivity contribution is -0.109. The van der Waals surface area contributed by atoms with Crippen molar-refractivity contribution in [3.63, 3.8) is 0 Å². The third-order valence-electron chi connectivity index (χ3n) is 2.48. The van der Waals surface area contributed by atoms with Crippen molar-refractivity contribution >= 4 is 22.6 Å². The molecule has 0 aliphatic rings. The van der Waals surface area contributed by atoms with E-state index >= 15 is 0 Å². The third-order valence-corrected chi connectivity index (χ3v) is 2.48. The molecule has 0 atom stereocenters. The van der Waals surface area contributed by atoms with Crippen LogP contribution in [0.15, 0.2) is 54.6 Å². The van der Waals surface area contributed by atoms with Crippen LogP contribution in [0.3, 0.4) is 0 Å². The number of benzene rings is 2. The number of carbonyl (C=O) groups excluding carboxylic acids is 2. The Kier molecular flexibility index (Phi) is 14.2. The van der Waals surface area contributed by atoms with Crippen molar-refractivity contribution in [1.82, 2.24) is 0 Å². The van der Waals surface area contributed by atoms with E-state index in [4.69, 9.17) is 9.47 Å². The monoisotopic (exact) mass is 352 g/mol. The zero-order valence-electron chi connectivity index (χ0n) is 13.7. The predicted molar refractivity (Wildman–Crippen MR) is 99.3 cm³/mol. The standard InChI is InChI=1S/C9H10O2.C7H8O.C2H3ClO.CH4/c1-7(10)8-3-5-9(11-2)6-4-8;1-8-7-5-3-2-4-6-7;1-2(3)4;/h3-6H,1-2H3;2-6H,1H3;1H3;1H4. The molecule has 0 aliphatic carbocycles. The average molecular weight is 353 g/mol. The van der Waals surface area contributed by atoms with Gasteiger partial charge in [-0.15, -0.1) is 0 Å². The fourth-order valence-electron chi connectivity index (χ4n) is 1.38. The Morgan fingerprint density at radius 3 is 1.46 bits per heavy atom. The predicted octanol–water partition coefficient (Wildman–Crippen LogP) is 5.00. The molecular formula is C19H25ClO4. The van der Waals surface area contributed by atoms with Gasteiger partial charge in [-0.2, -0.15) is 0 Å². The van der Waals surface area contributed by atoms with E-state index in [9.17, 15) is 9.59 Å². The van der Waals surface area contributed by atoms with Gasteiger partial charge in [-0.3, -0.25) is 9.59 Å². The first-order valence-corrected chi connectivity index (χ1v) is 7.18. The molecule has 2 aromatic carbocycles. The summed E-state index contributed by atoms with van der Waals surface area (Å²) in [5.74, 6) is 1.76. The minimum Gasteiger partial charge on any atom is -0.497 e. The van der Waals surface area contributed by atoms with Crippen molar-refractivity contribution in [3.05, 3.63) is 60.2 Å². The number of carbonyl (C=O) groups is 2. The van der Waals surface area contributed by atoms with Crippen molar-refractivity contribution in [2.75, 3.05) is 14.2 Å². The molecule has 0 aliphatic heterocycles. The SMILES string of the molecule is C.CC(=O)Cl.COc1ccc(C(C)=O)cc1.COc1ccccc1. The Balaban J connectivity index is 0. The molecule has 2 rings (SSSR count). The van der Waals surface area contributed by atoms with E-state index < -0.39 is 0 Å². The smallest absolute Gasteiger partial charge is 0.218 e. The summed E-state index contributed by atoms with van der Waals surface area (Å²) in [5.41, 5.74) is 0.714. The van der Waals surface area contributed by atoms with E-state index in [0.717, 1.165) is 11.5 Å². The van der Waals surface area contributed by atoms with Crippen LogP contribution in [0.25, 0.3) is 0 Å². The topological polar surface area (TPSA) is 52.6 Å². The van der Waals surface area contributed by atoms with Crippen LogP contribution in [0, 0.1) is 0 Å². The molecule has 0 saturated heterocycles. The first kappa shape index (κ1) is 23.9. The summed E-state index contributed by atoms with van der Waals surface area (Å²) < 4.78 is 9.85. The number of hydrogen-bond donors (Lipinski definition) is 0. The summed E-state index contributed by atoms with van der Waals surface area (Å²) in [6.07, 6.45) is 0. The quantitative estimate of drug-likeness (QED) is 0.576. The second kappa shape index (κ2) is 14.3. The van der Waals surface area contributed by atoms with Crippen LogP contribution in [0.1, 0.15) is 31.6 Å². The number of halogens is 1. The Hall–Kier alpha value is -2.33. The van der Waals surface area contributed by atoms with Gasteiger partial charge in [-0.25, -0.2) is 0 Å². The van der Waals surface area contributed by atoms with E-state index in [1.165, 1.54) is 6.92 Å². The lowest BCUT2D eigenvalue weighted by Gasteiger charge is -1.98. The zero-order chi connectivity index (χ0) is 17.7. The third kappa shape index (κ3) is 12.2. The van der Waals surface area contributed by atoms with Crippen molar-refractivity contribution in [1.29, 1.82) is 0 Å². The second-order valence-electron chi connectivity index (χ2n) is 4.27. The number of rotatable bonds is 3. The second-order valence-corrected chi connectivity index (χ2v) is 4.80. The molecule has 0 fully saturated rings. The molecule has 0 amide bonds. The minimum atomic E-state index is -0.361. The normalized spacial score (nSPS) is 8.21. The fourth-order valence-corrected chi connectivity index (χ4v) is 1.38. The van der Waals surface area contributed by atoms with E-state index in [-0.39, 0.29) is 18.5 Å². The van der Waals surface area contributed by atoms with E-state index in [2.05, 4.69) is 11.6 Å². The van der Waals surface area contributed by atoms with E-state index in [1.54, 1.807) is 45.4 Å². The van der Waals surface area contributed by atoms with Crippen LogP contribution >= 0.6 is 11.6 Å². The van der Waals surface area contributed by atoms with Gasteiger partial charge >= 0.3 is 0 Å². The van der Waals surface area contributed by atoms with Gasteiger partial charge in [0.1, 0.15) is 11.5 Å². The first-order chi connectivity index (χ1) is 10.9. The number of ketones is 1. The van der Waals surface area contributed by atoms with Crippen molar-refractivity contribution in [2.45, 2.75) is 21.3 Å². The molecule has 24 heavy (non-hydrogen) atoms. The first-order valence-electron chi connectivity index (χ1n) is 6.80. The maximum Gasteiger partial charge on any atom is 0.218 e. The number of hydrogen-bond acceptors (Lipinski definition) is 4. The van der Waals surface area contributed by atoms with Crippen molar-refractivity contribution < 1.29 is 19.1 Å². The summed E-state index contributed by atoms with van der Waals surface area (Å²) in [6, 6.07) is 16.7. The number of Topliss-reactive ketones (excluding diaryl/α,β-unsaturated/α-hetero) is 1. The minimum absolute atomic E-state index is 0. The highest BCUT2D eigenvalue weighted by Crippen LogP contribution is 2.11. The van der Waals surface area contributed by atoms with Crippen molar-refractivity contribution in [3.8, 4) is 11.5 Å². The number of para-hydroxylation sites is 1. The number of ether oxygens (including phenoxy) is 2. The van der Waals surface area contributed by atoms with Gasteiger partial charge in [0.15, 0.2) is 5.78 Å². The van der Waals surface area contributed by atoms with Gasteiger partial charge in [0, 0.05) is 12.5 Å². The Labute approximate surface area is 149 Å². The van der Waals surface area contributed by atoms with Crippen LogP contribution < -0.4 is 9.47 Å². The maximum atomic E-state index is 10.8. The molecule has 5 heteroatoms. The number of methoxy groups -OCH3 is 2. The van der Waals surface area contributed by atoms with Gasteiger partial charge in [-0.05, 0) is 54.9 Å². The summed E-state index contributed by atoms with van der Waals surface area (Å²) >= 11 is 4.64. The van der Waals surface area contributed by atoms with Crippen LogP contribution in [-0.2, 0) is 4.79 Å². The van der Waals surface area contributed by atoms with Crippen LogP contribution in [-0.4, -0.2) is 25.2 Å². The molecular weight excluding hydrogens is 328 g/mol. The highest BCUT2D eigenvalue weighted by atomic mass is 35.5. The van der Waals surface area contributed by atoms with E-state index in [0.29, 0.717) is 5.56 Å². The summed E-state index contributed by atoms with van der Waals surface area (Å²) in [6.45, 7) is 2.84. The Bertz CT molecular complexity index is 576. The van der Waals surface area contributed by atoms with Crippen LogP contribution in [0.5, 0.6) is 11.5 Å². The average Bonchev–Trinajstić information content (AvgIpc) is 2.55. The summed E-state index contributed by atoms with van der Waals surface area (Å²) in [5, 5.41) is -0.361. The largest absolute Gasteiger partial charge is 0.497 e. The molecule has 132 valence electrons. The van der Waals surface area contributed by atoms with Gasteiger partial charge in [0.05, 0.1) is 14.2 Å².